The lowest BCUT2D eigenvalue weighted by molar-refractivity contribution is 0.456. The molecular weight excluding hydrogens is 278 g/mol. The van der Waals surface area contributed by atoms with Gasteiger partial charge in [-0.05, 0) is 41.0 Å². The number of fused-ring (bicyclic) bond motifs is 1. The highest BCUT2D eigenvalue weighted by Crippen LogP contribution is 2.27. The second-order valence-electron chi connectivity index (χ2n) is 4.62. The Morgan fingerprint density at radius 2 is 2.18 bits per heavy atom. The molecule has 0 aromatic carbocycles. The van der Waals surface area contributed by atoms with Crippen molar-refractivity contribution in [3.05, 3.63) is 34.8 Å². The zero-order valence-corrected chi connectivity index (χ0v) is 12.0. The minimum atomic E-state index is 0.418. The zero-order valence-electron chi connectivity index (χ0n) is 10.4. The molecule has 17 heavy (non-hydrogen) atoms. The number of nitrogens with zero attached hydrogens (tertiary/aromatic N) is 2. The molecule has 2 aromatic rings. The fourth-order valence-corrected chi connectivity index (χ4v) is 2.63. The molecule has 2 aromatic heterocycles. The van der Waals surface area contributed by atoms with Crippen LogP contribution in [-0.2, 0) is 0 Å². The second-order valence-corrected chi connectivity index (χ2v) is 5.38. The van der Waals surface area contributed by atoms with Gasteiger partial charge in [-0.2, -0.15) is 0 Å². The zero-order chi connectivity index (χ0) is 12.4. The molecule has 0 saturated carbocycles. The van der Waals surface area contributed by atoms with E-state index < -0.39 is 0 Å². The maximum Gasteiger partial charge on any atom is 0.132 e. The van der Waals surface area contributed by atoms with Crippen LogP contribution in [0.2, 0.25) is 0 Å². The number of nitrogens with one attached hydrogen (secondary N) is 1. The fourth-order valence-electron chi connectivity index (χ4n) is 2.13. The lowest BCUT2D eigenvalue weighted by Crippen LogP contribution is -2.23. The quantitative estimate of drug-likeness (QED) is 0.939. The molecule has 0 bridgehead atoms. The first-order chi connectivity index (χ1) is 8.15. The minimum absolute atomic E-state index is 0.418. The summed E-state index contributed by atoms with van der Waals surface area (Å²) in [5, 5.41) is 3.25. The van der Waals surface area contributed by atoms with E-state index in [0.717, 1.165) is 22.5 Å². The number of imidazole rings is 1. The molecule has 1 unspecified atom stereocenters. The van der Waals surface area contributed by atoms with Gasteiger partial charge in [0.25, 0.3) is 0 Å². The van der Waals surface area contributed by atoms with Crippen LogP contribution in [0.3, 0.4) is 0 Å². The Kier molecular flexibility index (Phi) is 3.84. The van der Waals surface area contributed by atoms with E-state index in [1.807, 2.05) is 19.2 Å². The topological polar surface area (TPSA) is 29.3 Å². The van der Waals surface area contributed by atoms with Crippen molar-refractivity contribution in [2.24, 2.45) is 5.92 Å². The predicted molar refractivity (Wildman–Crippen MR) is 74.4 cm³/mol. The van der Waals surface area contributed by atoms with E-state index in [1.165, 1.54) is 0 Å². The largest absolute Gasteiger partial charge is 0.319 e. The molecule has 0 radical (unpaired) electrons. The highest BCUT2D eigenvalue weighted by molar-refractivity contribution is 9.10. The number of aromatic nitrogens is 2. The van der Waals surface area contributed by atoms with Crippen molar-refractivity contribution in [1.29, 1.82) is 0 Å². The smallest absolute Gasteiger partial charge is 0.132 e. The van der Waals surface area contributed by atoms with E-state index in [0.29, 0.717) is 11.8 Å². The van der Waals surface area contributed by atoms with E-state index >= 15 is 0 Å². The third-order valence-corrected chi connectivity index (χ3v) is 3.67. The first-order valence-corrected chi connectivity index (χ1v) is 6.71. The first kappa shape index (κ1) is 12.6. The molecule has 2 rings (SSSR count). The fraction of sp³-hybridized carbons (Fsp3) is 0.462. The molecule has 1 N–H and O–H groups in total. The highest BCUT2D eigenvalue weighted by Gasteiger charge is 2.21. The van der Waals surface area contributed by atoms with Crippen LogP contribution in [0.4, 0.5) is 0 Å². The Morgan fingerprint density at radius 1 is 1.41 bits per heavy atom. The Balaban J connectivity index is 2.53. The van der Waals surface area contributed by atoms with Gasteiger partial charge in [-0.1, -0.05) is 19.9 Å². The van der Waals surface area contributed by atoms with Crippen LogP contribution in [0.25, 0.3) is 5.52 Å². The van der Waals surface area contributed by atoms with Gasteiger partial charge in [-0.15, -0.1) is 0 Å². The Morgan fingerprint density at radius 3 is 2.82 bits per heavy atom. The van der Waals surface area contributed by atoms with Gasteiger partial charge >= 0.3 is 0 Å². The molecule has 2 heterocycles. The normalized spacial score (nSPS) is 13.5. The number of rotatable bonds is 4. The van der Waals surface area contributed by atoms with Crippen molar-refractivity contribution in [3.8, 4) is 0 Å². The van der Waals surface area contributed by atoms with Gasteiger partial charge in [-0.3, -0.25) is 0 Å². The van der Waals surface area contributed by atoms with Gasteiger partial charge < -0.3 is 9.72 Å². The molecular formula is C13H18BrN3. The number of halogens is 1. The van der Waals surface area contributed by atoms with E-state index in [4.69, 9.17) is 0 Å². The third kappa shape index (κ3) is 2.38. The van der Waals surface area contributed by atoms with Crippen LogP contribution in [0, 0.1) is 5.92 Å². The van der Waals surface area contributed by atoms with Crippen LogP contribution >= 0.6 is 15.9 Å². The molecule has 0 spiro atoms. The average Bonchev–Trinajstić information content (AvgIpc) is 2.64. The molecule has 0 aliphatic carbocycles. The van der Waals surface area contributed by atoms with Gasteiger partial charge in [0, 0.05) is 18.7 Å². The molecule has 0 aliphatic rings. The van der Waals surface area contributed by atoms with E-state index in [2.05, 4.69) is 56.7 Å². The summed E-state index contributed by atoms with van der Waals surface area (Å²) in [7, 11) is 1.99. The lowest BCUT2D eigenvalue weighted by atomic mass is 9.95. The standard InChI is InChI=1S/C13H18BrN3/c1-9(2)10(8-15-3)13-16-12(14)11-6-4-5-7-17(11)13/h4-7,9-10,15H,8H2,1-3H3. The van der Waals surface area contributed by atoms with Crippen LogP contribution in [0.15, 0.2) is 29.0 Å². The number of hydrogen-bond acceptors (Lipinski definition) is 2. The average molecular weight is 296 g/mol. The SMILES string of the molecule is CNCC(c1nc(Br)c2ccccn12)C(C)C. The van der Waals surface area contributed by atoms with Gasteiger partial charge in [0.1, 0.15) is 10.4 Å². The summed E-state index contributed by atoms with van der Waals surface area (Å²) < 4.78 is 3.10. The summed E-state index contributed by atoms with van der Waals surface area (Å²) in [6, 6.07) is 6.16. The summed E-state index contributed by atoms with van der Waals surface area (Å²) in [6.07, 6.45) is 2.08. The summed E-state index contributed by atoms with van der Waals surface area (Å²) in [5.74, 6) is 2.10. The Bertz CT molecular complexity index is 504. The number of hydrogen-bond donors (Lipinski definition) is 1. The summed E-state index contributed by atoms with van der Waals surface area (Å²) >= 11 is 3.53. The summed E-state index contributed by atoms with van der Waals surface area (Å²) in [6.45, 7) is 5.41. The molecule has 4 heteroatoms. The Hall–Kier alpha value is -0.870. The van der Waals surface area contributed by atoms with Crippen molar-refractivity contribution >= 4 is 21.4 Å². The molecule has 1 atom stereocenters. The third-order valence-electron chi connectivity index (χ3n) is 3.09. The minimum Gasteiger partial charge on any atom is -0.319 e. The van der Waals surface area contributed by atoms with E-state index in [9.17, 15) is 0 Å². The molecule has 0 saturated heterocycles. The first-order valence-electron chi connectivity index (χ1n) is 5.92. The van der Waals surface area contributed by atoms with Crippen LogP contribution < -0.4 is 5.32 Å². The molecule has 3 nitrogen and oxygen atoms in total. The molecule has 0 fully saturated rings. The maximum absolute atomic E-state index is 4.67. The van der Waals surface area contributed by atoms with Gasteiger partial charge in [0.15, 0.2) is 0 Å². The van der Waals surface area contributed by atoms with Crippen LogP contribution in [-0.4, -0.2) is 23.0 Å². The maximum atomic E-state index is 4.67. The lowest BCUT2D eigenvalue weighted by Gasteiger charge is -2.19. The van der Waals surface area contributed by atoms with E-state index in [-0.39, 0.29) is 0 Å². The van der Waals surface area contributed by atoms with Crippen molar-refractivity contribution in [3.63, 3.8) is 0 Å². The highest BCUT2D eigenvalue weighted by atomic mass is 79.9. The second kappa shape index (κ2) is 5.19. The van der Waals surface area contributed by atoms with E-state index in [1.54, 1.807) is 0 Å². The summed E-state index contributed by atoms with van der Waals surface area (Å²) in [4.78, 5) is 4.67. The predicted octanol–water partition coefficient (Wildman–Crippen LogP) is 3.06. The van der Waals surface area contributed by atoms with Gasteiger partial charge in [0.05, 0.1) is 5.52 Å². The number of likely N-dealkylation sites (N-methyl/N-ethyl adjacent to an activating group) is 1. The van der Waals surface area contributed by atoms with Crippen molar-refractivity contribution < 1.29 is 0 Å². The number of pyridine rings is 1. The summed E-state index contributed by atoms with van der Waals surface area (Å²) in [5.41, 5.74) is 1.13. The van der Waals surface area contributed by atoms with Crippen molar-refractivity contribution in [2.45, 2.75) is 19.8 Å². The van der Waals surface area contributed by atoms with Crippen molar-refractivity contribution in [1.82, 2.24) is 14.7 Å². The monoisotopic (exact) mass is 295 g/mol. The van der Waals surface area contributed by atoms with Crippen molar-refractivity contribution in [2.75, 3.05) is 13.6 Å². The van der Waals surface area contributed by atoms with Crippen LogP contribution in [0.5, 0.6) is 0 Å². The Labute approximate surface area is 110 Å². The van der Waals surface area contributed by atoms with Crippen LogP contribution in [0.1, 0.15) is 25.6 Å². The molecule has 0 aliphatic heterocycles. The molecule has 0 amide bonds. The molecule has 92 valence electrons. The van der Waals surface area contributed by atoms with Gasteiger partial charge in [0.2, 0.25) is 0 Å². The van der Waals surface area contributed by atoms with Gasteiger partial charge in [-0.25, -0.2) is 4.98 Å².